The van der Waals surface area contributed by atoms with Gasteiger partial charge >= 0.3 is 0 Å². The molecule has 1 spiro atoms. The number of carbonyl (C=O) groups is 4. The third kappa shape index (κ3) is 2.75. The van der Waals surface area contributed by atoms with Gasteiger partial charge in [0.2, 0.25) is 29.0 Å². The number of Topliss-reactive ketones (excluding diaryl/α,β-unsaturated/α-hetero) is 2. The summed E-state index contributed by atoms with van der Waals surface area (Å²) in [5, 5.41) is 0.461. The molecule has 0 unspecified atom stereocenters. The molecule has 0 saturated carbocycles. The molecule has 3 aromatic rings. The maximum atomic E-state index is 13.9. The van der Waals surface area contributed by atoms with E-state index in [0.29, 0.717) is 21.8 Å². The molecular weight excluding hydrogens is 466 g/mol. The van der Waals surface area contributed by atoms with Gasteiger partial charge in [0.05, 0.1) is 23.6 Å². The SMILES string of the molecule is Cc1ccc(N2C(=O)[C@@H]3[C@@H](c4cccc(Cl)c4C)OC4(C(=O)c5ccccc5C4=O)[C@H]3C2=O)cc1. The zero-order valence-electron chi connectivity index (χ0n) is 18.9. The van der Waals surface area contributed by atoms with Crippen molar-refractivity contribution in [2.24, 2.45) is 11.8 Å². The second-order valence-electron chi connectivity index (χ2n) is 9.28. The molecule has 7 heteroatoms. The number of aryl methyl sites for hydroxylation is 1. The molecule has 174 valence electrons. The van der Waals surface area contributed by atoms with Gasteiger partial charge in [0.1, 0.15) is 0 Å². The molecule has 0 bridgehead atoms. The minimum absolute atomic E-state index is 0.203. The van der Waals surface area contributed by atoms with Crippen molar-refractivity contribution in [2.45, 2.75) is 25.6 Å². The van der Waals surface area contributed by atoms with Gasteiger partial charge < -0.3 is 4.74 Å². The Kier molecular flexibility index (Phi) is 4.66. The van der Waals surface area contributed by atoms with E-state index in [9.17, 15) is 19.2 Å². The summed E-state index contributed by atoms with van der Waals surface area (Å²) in [7, 11) is 0. The minimum Gasteiger partial charge on any atom is -0.349 e. The largest absolute Gasteiger partial charge is 0.349 e. The fraction of sp³-hybridized carbons (Fsp3) is 0.214. The van der Waals surface area contributed by atoms with E-state index in [1.807, 2.05) is 6.92 Å². The number of nitrogens with zero attached hydrogens (tertiary/aromatic N) is 1. The fourth-order valence-electron chi connectivity index (χ4n) is 5.68. The molecule has 2 saturated heterocycles. The molecule has 3 aliphatic rings. The van der Waals surface area contributed by atoms with Crippen molar-refractivity contribution in [3.8, 4) is 0 Å². The molecule has 0 aromatic heterocycles. The van der Waals surface area contributed by atoms with Gasteiger partial charge in [-0.05, 0) is 43.2 Å². The van der Waals surface area contributed by atoms with Crippen LogP contribution in [-0.2, 0) is 14.3 Å². The number of imide groups is 1. The highest BCUT2D eigenvalue weighted by Crippen LogP contribution is 2.58. The number of ether oxygens (including phenoxy) is 1. The number of carbonyl (C=O) groups excluding carboxylic acids is 4. The fourth-order valence-corrected chi connectivity index (χ4v) is 5.86. The van der Waals surface area contributed by atoms with Gasteiger partial charge in [0, 0.05) is 16.1 Å². The lowest BCUT2D eigenvalue weighted by molar-refractivity contribution is -0.127. The number of hydrogen-bond acceptors (Lipinski definition) is 5. The van der Waals surface area contributed by atoms with E-state index in [2.05, 4.69) is 0 Å². The topological polar surface area (TPSA) is 80.8 Å². The number of ketones is 2. The Hall–Kier alpha value is -3.61. The van der Waals surface area contributed by atoms with Crippen LogP contribution in [0, 0.1) is 25.7 Å². The maximum absolute atomic E-state index is 13.9. The summed E-state index contributed by atoms with van der Waals surface area (Å²) in [5.74, 6) is -4.61. The Morgan fingerprint density at radius 2 is 1.43 bits per heavy atom. The molecule has 1 aliphatic carbocycles. The molecule has 6 nitrogen and oxygen atoms in total. The van der Waals surface area contributed by atoms with Crippen molar-refractivity contribution in [3.63, 3.8) is 0 Å². The second kappa shape index (κ2) is 7.44. The van der Waals surface area contributed by atoms with Crippen LogP contribution in [0.5, 0.6) is 0 Å². The quantitative estimate of drug-likeness (QED) is 0.390. The summed E-state index contributed by atoms with van der Waals surface area (Å²) in [6.07, 6.45) is -0.993. The predicted octanol–water partition coefficient (Wildman–Crippen LogP) is 4.65. The van der Waals surface area contributed by atoms with Crippen LogP contribution in [-0.4, -0.2) is 29.0 Å². The van der Waals surface area contributed by atoms with Crippen LogP contribution in [0.25, 0.3) is 0 Å². The summed E-state index contributed by atoms with van der Waals surface area (Å²) >= 11 is 6.37. The molecule has 3 aromatic carbocycles. The Balaban J connectivity index is 1.57. The highest BCUT2D eigenvalue weighted by atomic mass is 35.5. The minimum atomic E-state index is -2.10. The van der Waals surface area contributed by atoms with Gasteiger partial charge in [0.25, 0.3) is 0 Å². The summed E-state index contributed by atoms with van der Waals surface area (Å²) in [6.45, 7) is 3.69. The number of anilines is 1. The summed E-state index contributed by atoms with van der Waals surface area (Å²) in [5.41, 5.74) is 0.915. The molecule has 0 radical (unpaired) electrons. The average Bonchev–Trinajstić information content (AvgIpc) is 3.42. The Morgan fingerprint density at radius 3 is 2.06 bits per heavy atom. The molecule has 35 heavy (non-hydrogen) atoms. The highest BCUT2D eigenvalue weighted by molar-refractivity contribution is 6.37. The molecule has 2 heterocycles. The van der Waals surface area contributed by atoms with Crippen LogP contribution in [0.4, 0.5) is 5.69 Å². The van der Waals surface area contributed by atoms with Gasteiger partial charge in [-0.2, -0.15) is 0 Å². The van der Waals surface area contributed by atoms with Gasteiger partial charge in [-0.15, -0.1) is 0 Å². The molecule has 3 atom stereocenters. The lowest BCUT2D eigenvalue weighted by atomic mass is 9.77. The van der Waals surface area contributed by atoms with Crippen LogP contribution >= 0.6 is 11.6 Å². The van der Waals surface area contributed by atoms with Crippen LogP contribution in [0.2, 0.25) is 5.02 Å². The van der Waals surface area contributed by atoms with Gasteiger partial charge in [-0.3, -0.25) is 19.2 Å². The number of hydrogen-bond donors (Lipinski definition) is 0. The number of fused-ring (bicyclic) bond motifs is 3. The molecule has 0 N–H and O–H groups in total. The third-order valence-corrected chi connectivity index (χ3v) is 7.84. The van der Waals surface area contributed by atoms with E-state index in [4.69, 9.17) is 16.3 Å². The first-order valence-corrected chi connectivity index (χ1v) is 11.7. The van der Waals surface area contributed by atoms with Crippen molar-refractivity contribution < 1.29 is 23.9 Å². The van der Waals surface area contributed by atoms with E-state index in [1.165, 1.54) is 0 Å². The summed E-state index contributed by atoms with van der Waals surface area (Å²) < 4.78 is 6.32. The van der Waals surface area contributed by atoms with Crippen LogP contribution < -0.4 is 4.90 Å². The first-order valence-electron chi connectivity index (χ1n) is 11.3. The molecule has 6 rings (SSSR count). The van der Waals surface area contributed by atoms with E-state index in [0.717, 1.165) is 10.5 Å². The van der Waals surface area contributed by atoms with Crippen molar-refractivity contribution in [2.75, 3.05) is 4.90 Å². The molecule has 2 aliphatic heterocycles. The first kappa shape index (κ1) is 21.9. The van der Waals surface area contributed by atoms with Gasteiger partial charge in [-0.1, -0.05) is 65.7 Å². The summed E-state index contributed by atoms with van der Waals surface area (Å²) in [4.78, 5) is 56.4. The normalized spacial score (nSPS) is 24.4. The van der Waals surface area contributed by atoms with Crippen molar-refractivity contribution in [3.05, 3.63) is 99.6 Å². The molecule has 2 fully saturated rings. The average molecular weight is 486 g/mol. The molecular formula is C28H20ClNO5. The third-order valence-electron chi connectivity index (χ3n) is 7.43. The monoisotopic (exact) mass is 485 g/mol. The second-order valence-corrected chi connectivity index (χ2v) is 9.69. The first-order chi connectivity index (χ1) is 16.8. The van der Waals surface area contributed by atoms with Crippen LogP contribution in [0.3, 0.4) is 0 Å². The van der Waals surface area contributed by atoms with Crippen molar-refractivity contribution >= 4 is 40.7 Å². The Labute approximate surface area is 206 Å². The van der Waals surface area contributed by atoms with Crippen molar-refractivity contribution in [1.82, 2.24) is 0 Å². The number of rotatable bonds is 2. The maximum Gasteiger partial charge on any atom is 0.241 e. The van der Waals surface area contributed by atoms with E-state index in [1.54, 1.807) is 73.7 Å². The van der Waals surface area contributed by atoms with Crippen LogP contribution in [0.1, 0.15) is 43.5 Å². The predicted molar refractivity (Wildman–Crippen MR) is 129 cm³/mol. The number of amides is 2. The Bertz CT molecular complexity index is 1430. The van der Waals surface area contributed by atoms with E-state index in [-0.39, 0.29) is 11.1 Å². The van der Waals surface area contributed by atoms with E-state index >= 15 is 0 Å². The van der Waals surface area contributed by atoms with Gasteiger partial charge in [0.15, 0.2) is 0 Å². The van der Waals surface area contributed by atoms with Crippen LogP contribution in [0.15, 0.2) is 66.7 Å². The lowest BCUT2D eigenvalue weighted by Crippen LogP contribution is -2.51. The number of benzene rings is 3. The van der Waals surface area contributed by atoms with E-state index < -0.39 is 46.9 Å². The van der Waals surface area contributed by atoms with Crippen molar-refractivity contribution in [1.29, 1.82) is 0 Å². The highest BCUT2D eigenvalue weighted by Gasteiger charge is 2.74. The standard InChI is InChI=1S/C28H20ClNO5/c1-14-10-12-16(13-11-14)30-26(33)21-22(27(30)34)28(24(31)18-6-3-4-7-19(18)25(28)32)35-23(21)17-8-5-9-20(29)15(17)2/h3-13,21-23H,1-2H3/t21-,22+,23+/m0/s1. The zero-order valence-corrected chi connectivity index (χ0v) is 19.7. The zero-order chi connectivity index (χ0) is 24.6. The summed E-state index contributed by atoms with van der Waals surface area (Å²) in [6, 6.07) is 18.6. The smallest absolute Gasteiger partial charge is 0.241 e. The molecule has 2 amide bonds. The Morgan fingerprint density at radius 1 is 0.800 bits per heavy atom. The number of halogens is 1. The lowest BCUT2D eigenvalue weighted by Gasteiger charge is -2.27. The van der Waals surface area contributed by atoms with Gasteiger partial charge in [-0.25, -0.2) is 4.90 Å².